The SMILES string of the molecule is COCCCNC(=O)c1cnc(Nc2cccc(OC)c2)nc1. The second-order valence-electron chi connectivity index (χ2n) is 4.75. The van der Waals surface area contributed by atoms with Crippen LogP contribution in [0.15, 0.2) is 36.7 Å². The highest BCUT2D eigenvalue weighted by Gasteiger charge is 2.07. The number of benzene rings is 1. The average Bonchev–Trinajstić information content (AvgIpc) is 2.59. The fourth-order valence-corrected chi connectivity index (χ4v) is 1.86. The van der Waals surface area contributed by atoms with Crippen LogP contribution in [0.25, 0.3) is 0 Å². The molecule has 7 nitrogen and oxygen atoms in total. The van der Waals surface area contributed by atoms with Crippen molar-refractivity contribution in [2.75, 3.05) is 32.7 Å². The van der Waals surface area contributed by atoms with E-state index in [-0.39, 0.29) is 5.91 Å². The first-order valence-corrected chi connectivity index (χ1v) is 7.23. The number of methoxy groups -OCH3 is 2. The Balaban J connectivity index is 1.92. The van der Waals surface area contributed by atoms with Gasteiger partial charge in [0.2, 0.25) is 5.95 Å². The van der Waals surface area contributed by atoms with Crippen LogP contribution in [0.4, 0.5) is 11.6 Å². The molecule has 0 saturated heterocycles. The monoisotopic (exact) mass is 316 g/mol. The van der Waals surface area contributed by atoms with Gasteiger partial charge in [-0.1, -0.05) is 6.07 Å². The summed E-state index contributed by atoms with van der Waals surface area (Å²) in [4.78, 5) is 20.2. The molecule has 1 aromatic heterocycles. The summed E-state index contributed by atoms with van der Waals surface area (Å²) in [6.07, 6.45) is 3.74. The summed E-state index contributed by atoms with van der Waals surface area (Å²) in [5.41, 5.74) is 1.22. The molecule has 0 saturated carbocycles. The molecule has 0 fully saturated rings. The zero-order valence-electron chi connectivity index (χ0n) is 13.2. The zero-order valence-corrected chi connectivity index (χ0v) is 13.2. The molecule has 1 amide bonds. The maximum absolute atomic E-state index is 11.9. The molecule has 0 aliphatic heterocycles. The Morgan fingerprint density at radius 3 is 2.70 bits per heavy atom. The lowest BCUT2D eigenvalue weighted by Gasteiger charge is -2.07. The number of nitrogens with zero attached hydrogens (tertiary/aromatic N) is 2. The maximum atomic E-state index is 11.9. The van der Waals surface area contributed by atoms with Gasteiger partial charge in [-0.15, -0.1) is 0 Å². The van der Waals surface area contributed by atoms with Gasteiger partial charge in [-0.2, -0.15) is 0 Å². The van der Waals surface area contributed by atoms with E-state index in [4.69, 9.17) is 9.47 Å². The largest absolute Gasteiger partial charge is 0.497 e. The van der Waals surface area contributed by atoms with Gasteiger partial charge in [0.15, 0.2) is 0 Å². The van der Waals surface area contributed by atoms with E-state index in [1.54, 1.807) is 14.2 Å². The van der Waals surface area contributed by atoms with Crippen molar-refractivity contribution < 1.29 is 14.3 Å². The molecule has 122 valence electrons. The molecule has 2 rings (SSSR count). The van der Waals surface area contributed by atoms with Gasteiger partial charge in [-0.25, -0.2) is 9.97 Å². The average molecular weight is 316 g/mol. The minimum Gasteiger partial charge on any atom is -0.497 e. The maximum Gasteiger partial charge on any atom is 0.254 e. The number of amides is 1. The molecular formula is C16H20N4O3. The Hall–Kier alpha value is -2.67. The van der Waals surface area contributed by atoms with Gasteiger partial charge in [-0.05, 0) is 18.6 Å². The number of rotatable bonds is 8. The van der Waals surface area contributed by atoms with Crippen molar-refractivity contribution in [2.45, 2.75) is 6.42 Å². The first-order valence-electron chi connectivity index (χ1n) is 7.23. The summed E-state index contributed by atoms with van der Waals surface area (Å²) in [5, 5.41) is 5.84. The van der Waals surface area contributed by atoms with E-state index in [0.717, 1.165) is 17.9 Å². The van der Waals surface area contributed by atoms with Crippen LogP contribution >= 0.6 is 0 Å². The van der Waals surface area contributed by atoms with Gasteiger partial charge in [0.25, 0.3) is 5.91 Å². The van der Waals surface area contributed by atoms with Gasteiger partial charge in [-0.3, -0.25) is 4.79 Å². The summed E-state index contributed by atoms with van der Waals surface area (Å²) >= 11 is 0. The van der Waals surface area contributed by atoms with E-state index >= 15 is 0 Å². The quantitative estimate of drug-likeness (QED) is 0.725. The van der Waals surface area contributed by atoms with Gasteiger partial charge in [0.1, 0.15) is 5.75 Å². The van der Waals surface area contributed by atoms with Gasteiger partial charge >= 0.3 is 0 Å². The molecule has 1 aromatic carbocycles. The highest BCUT2D eigenvalue weighted by atomic mass is 16.5. The van der Waals surface area contributed by atoms with Crippen LogP contribution in [0.2, 0.25) is 0 Å². The molecule has 0 spiro atoms. The predicted octanol–water partition coefficient (Wildman–Crippen LogP) is 2.00. The lowest BCUT2D eigenvalue weighted by atomic mass is 10.3. The highest BCUT2D eigenvalue weighted by molar-refractivity contribution is 5.93. The number of aromatic nitrogens is 2. The van der Waals surface area contributed by atoms with Crippen molar-refractivity contribution in [3.8, 4) is 5.75 Å². The molecule has 0 radical (unpaired) electrons. The van der Waals surface area contributed by atoms with E-state index in [1.165, 1.54) is 12.4 Å². The summed E-state index contributed by atoms with van der Waals surface area (Å²) < 4.78 is 10.1. The molecule has 1 heterocycles. The zero-order chi connectivity index (χ0) is 16.5. The van der Waals surface area contributed by atoms with E-state index in [9.17, 15) is 4.79 Å². The van der Waals surface area contributed by atoms with Crippen molar-refractivity contribution in [3.05, 3.63) is 42.2 Å². The Bertz CT molecular complexity index is 631. The number of hydrogen-bond acceptors (Lipinski definition) is 6. The Morgan fingerprint density at radius 2 is 2.00 bits per heavy atom. The Kier molecular flexibility index (Phi) is 6.31. The minimum atomic E-state index is -0.200. The van der Waals surface area contributed by atoms with Crippen LogP contribution in [0.3, 0.4) is 0 Å². The van der Waals surface area contributed by atoms with Crippen LogP contribution in [-0.2, 0) is 4.74 Å². The van der Waals surface area contributed by atoms with E-state index < -0.39 is 0 Å². The summed E-state index contributed by atoms with van der Waals surface area (Å²) in [7, 11) is 3.24. The van der Waals surface area contributed by atoms with Gasteiger partial charge in [0.05, 0.1) is 12.7 Å². The van der Waals surface area contributed by atoms with Crippen molar-refractivity contribution in [3.63, 3.8) is 0 Å². The van der Waals surface area contributed by atoms with Crippen molar-refractivity contribution in [2.24, 2.45) is 0 Å². The third-order valence-electron chi connectivity index (χ3n) is 3.05. The smallest absolute Gasteiger partial charge is 0.254 e. The molecule has 23 heavy (non-hydrogen) atoms. The number of nitrogens with one attached hydrogen (secondary N) is 2. The van der Waals surface area contributed by atoms with E-state index in [0.29, 0.717) is 24.7 Å². The lowest BCUT2D eigenvalue weighted by Crippen LogP contribution is -2.25. The first kappa shape index (κ1) is 16.7. The van der Waals surface area contributed by atoms with Gasteiger partial charge in [0, 0.05) is 44.4 Å². The van der Waals surface area contributed by atoms with Crippen LogP contribution in [0.5, 0.6) is 5.75 Å². The number of anilines is 2. The molecule has 0 aliphatic rings. The van der Waals surface area contributed by atoms with Crippen molar-refractivity contribution in [1.82, 2.24) is 15.3 Å². The predicted molar refractivity (Wildman–Crippen MR) is 87.1 cm³/mol. The third kappa shape index (κ3) is 5.23. The number of carbonyl (C=O) groups excluding carboxylic acids is 1. The fourth-order valence-electron chi connectivity index (χ4n) is 1.86. The van der Waals surface area contributed by atoms with Crippen LogP contribution in [0.1, 0.15) is 16.8 Å². The molecule has 2 N–H and O–H groups in total. The summed E-state index contributed by atoms with van der Waals surface area (Å²) in [6, 6.07) is 7.42. The number of carbonyl (C=O) groups is 1. The number of ether oxygens (including phenoxy) is 2. The number of hydrogen-bond donors (Lipinski definition) is 2. The topological polar surface area (TPSA) is 85.4 Å². The van der Waals surface area contributed by atoms with E-state index in [2.05, 4.69) is 20.6 Å². The van der Waals surface area contributed by atoms with Gasteiger partial charge < -0.3 is 20.1 Å². The summed E-state index contributed by atoms with van der Waals surface area (Å²) in [5.74, 6) is 0.949. The first-order chi connectivity index (χ1) is 11.2. The molecule has 0 aliphatic carbocycles. The minimum absolute atomic E-state index is 0.200. The second-order valence-corrected chi connectivity index (χ2v) is 4.75. The summed E-state index contributed by atoms with van der Waals surface area (Å²) in [6.45, 7) is 1.16. The van der Waals surface area contributed by atoms with Crippen molar-refractivity contribution in [1.29, 1.82) is 0 Å². The normalized spacial score (nSPS) is 10.2. The van der Waals surface area contributed by atoms with Crippen LogP contribution in [-0.4, -0.2) is 43.2 Å². The Morgan fingerprint density at radius 1 is 1.22 bits per heavy atom. The molecular weight excluding hydrogens is 296 g/mol. The highest BCUT2D eigenvalue weighted by Crippen LogP contribution is 2.19. The van der Waals surface area contributed by atoms with Crippen LogP contribution < -0.4 is 15.4 Å². The van der Waals surface area contributed by atoms with Crippen LogP contribution in [0, 0.1) is 0 Å². The molecule has 0 unspecified atom stereocenters. The lowest BCUT2D eigenvalue weighted by molar-refractivity contribution is 0.0948. The second kappa shape index (κ2) is 8.70. The molecule has 7 heteroatoms. The van der Waals surface area contributed by atoms with E-state index in [1.807, 2.05) is 24.3 Å². The molecule has 2 aromatic rings. The standard InChI is InChI=1S/C16H20N4O3/c1-22-8-4-7-17-15(21)12-10-18-16(19-11-12)20-13-5-3-6-14(9-13)23-2/h3,5-6,9-11H,4,7-8H2,1-2H3,(H,17,21)(H,18,19,20). The third-order valence-corrected chi connectivity index (χ3v) is 3.05. The fraction of sp³-hybridized carbons (Fsp3) is 0.312. The molecule has 0 bridgehead atoms. The molecule has 0 atom stereocenters. The Labute approximate surface area is 135 Å². The van der Waals surface area contributed by atoms with Crippen molar-refractivity contribution >= 4 is 17.5 Å².